The van der Waals surface area contributed by atoms with E-state index in [2.05, 4.69) is 29.2 Å². The molecule has 19 heavy (non-hydrogen) atoms. The third-order valence-corrected chi connectivity index (χ3v) is 4.10. The van der Waals surface area contributed by atoms with Crippen molar-refractivity contribution in [1.82, 2.24) is 15.1 Å². The average Bonchev–Trinajstić information content (AvgIpc) is 2.39. The fourth-order valence-electron chi connectivity index (χ4n) is 2.58. The van der Waals surface area contributed by atoms with Gasteiger partial charge in [0.1, 0.15) is 5.54 Å². The van der Waals surface area contributed by atoms with Gasteiger partial charge in [-0.25, -0.2) is 0 Å². The quantitative estimate of drug-likeness (QED) is 0.715. The highest BCUT2D eigenvalue weighted by Crippen LogP contribution is 2.17. The first-order chi connectivity index (χ1) is 8.92. The molecule has 1 atom stereocenters. The maximum absolute atomic E-state index is 12.0. The maximum Gasteiger partial charge on any atom is 0.327 e. The molecule has 0 aliphatic carbocycles. The Labute approximate surface area is 117 Å². The minimum absolute atomic E-state index is 0.160. The summed E-state index contributed by atoms with van der Waals surface area (Å²) in [5.74, 6) is -0.160. The van der Waals surface area contributed by atoms with E-state index in [0.717, 1.165) is 25.9 Å². The lowest BCUT2D eigenvalue weighted by atomic mass is 9.98. The number of hydrogen-bond acceptors (Lipinski definition) is 5. The Balaban J connectivity index is 2.51. The van der Waals surface area contributed by atoms with Crippen molar-refractivity contribution < 1.29 is 9.53 Å². The van der Waals surface area contributed by atoms with Gasteiger partial charge in [-0.3, -0.25) is 4.79 Å². The minimum Gasteiger partial charge on any atom is -0.465 e. The fraction of sp³-hybridized carbons (Fsp3) is 0.929. The van der Waals surface area contributed by atoms with Gasteiger partial charge in [0, 0.05) is 12.6 Å². The number of nitrogens with one attached hydrogen (secondary N) is 1. The van der Waals surface area contributed by atoms with E-state index in [0.29, 0.717) is 19.2 Å². The Kier molecular flexibility index (Phi) is 6.23. The van der Waals surface area contributed by atoms with Crippen LogP contribution in [0.5, 0.6) is 0 Å². The molecule has 0 aromatic heterocycles. The van der Waals surface area contributed by atoms with Crippen LogP contribution >= 0.6 is 0 Å². The Hall–Kier alpha value is -0.650. The Bertz CT molecular complexity index is 288. The van der Waals surface area contributed by atoms with Crippen LogP contribution in [0.3, 0.4) is 0 Å². The minimum atomic E-state index is -0.610. The van der Waals surface area contributed by atoms with Gasteiger partial charge in [0.25, 0.3) is 0 Å². The largest absolute Gasteiger partial charge is 0.465 e. The first kappa shape index (κ1) is 16.4. The topological polar surface area (TPSA) is 44.8 Å². The molecule has 1 heterocycles. The highest BCUT2D eigenvalue weighted by molar-refractivity contribution is 5.80. The van der Waals surface area contributed by atoms with Crippen molar-refractivity contribution in [3.63, 3.8) is 0 Å². The second-order valence-electron chi connectivity index (χ2n) is 5.77. The molecule has 0 spiro atoms. The Morgan fingerprint density at radius 1 is 1.42 bits per heavy atom. The number of nitrogens with zero attached hydrogens (tertiary/aromatic N) is 2. The molecule has 112 valence electrons. The standard InChI is InChI=1S/C14H29N3O2/c1-6-19-13(18)14(2,15-3)11-17-9-7-12(8-10-17)16(4)5/h12,15H,6-11H2,1-5H3. The zero-order chi connectivity index (χ0) is 14.5. The molecule has 1 N–H and O–H groups in total. The third-order valence-electron chi connectivity index (χ3n) is 4.10. The first-order valence-electron chi connectivity index (χ1n) is 7.18. The van der Waals surface area contributed by atoms with E-state index in [1.807, 2.05) is 20.9 Å². The van der Waals surface area contributed by atoms with Crippen LogP contribution in [0.4, 0.5) is 0 Å². The molecule has 5 nitrogen and oxygen atoms in total. The Morgan fingerprint density at radius 3 is 2.42 bits per heavy atom. The van der Waals surface area contributed by atoms with E-state index in [9.17, 15) is 4.79 Å². The summed E-state index contributed by atoms with van der Waals surface area (Å²) in [7, 11) is 6.09. The zero-order valence-electron chi connectivity index (χ0n) is 13.0. The smallest absolute Gasteiger partial charge is 0.327 e. The summed E-state index contributed by atoms with van der Waals surface area (Å²) in [6, 6.07) is 0.666. The highest BCUT2D eigenvalue weighted by Gasteiger charge is 2.36. The van der Waals surface area contributed by atoms with Crippen LogP contribution in [0.15, 0.2) is 0 Å². The van der Waals surface area contributed by atoms with E-state index in [-0.39, 0.29) is 5.97 Å². The molecule has 1 aliphatic rings. The number of rotatable bonds is 6. The molecule has 0 saturated carbocycles. The molecule has 1 fully saturated rings. The van der Waals surface area contributed by atoms with Crippen LogP contribution in [0, 0.1) is 0 Å². The van der Waals surface area contributed by atoms with Crippen molar-refractivity contribution in [1.29, 1.82) is 0 Å². The molecule has 0 aromatic carbocycles. The van der Waals surface area contributed by atoms with Crippen LogP contribution in [0.2, 0.25) is 0 Å². The summed E-state index contributed by atoms with van der Waals surface area (Å²) in [5, 5.41) is 3.12. The van der Waals surface area contributed by atoms with Crippen molar-refractivity contribution in [3.05, 3.63) is 0 Å². The van der Waals surface area contributed by atoms with Gasteiger partial charge >= 0.3 is 5.97 Å². The average molecular weight is 271 g/mol. The normalized spacial score (nSPS) is 21.4. The lowest BCUT2D eigenvalue weighted by Gasteiger charge is -2.39. The number of carbonyl (C=O) groups excluding carboxylic acids is 1. The maximum atomic E-state index is 12.0. The number of piperidine rings is 1. The molecule has 0 radical (unpaired) electrons. The van der Waals surface area contributed by atoms with Gasteiger partial charge in [-0.15, -0.1) is 0 Å². The predicted octanol–water partition coefficient (Wildman–Crippen LogP) is 0.554. The second-order valence-corrected chi connectivity index (χ2v) is 5.77. The molecule has 5 heteroatoms. The zero-order valence-corrected chi connectivity index (χ0v) is 13.0. The summed E-state index contributed by atoms with van der Waals surface area (Å²) in [4.78, 5) is 16.7. The van der Waals surface area contributed by atoms with Gasteiger partial charge < -0.3 is 19.9 Å². The fourth-order valence-corrected chi connectivity index (χ4v) is 2.58. The van der Waals surface area contributed by atoms with Gasteiger partial charge in [-0.05, 0) is 60.9 Å². The number of ether oxygens (including phenoxy) is 1. The molecule has 1 aliphatic heterocycles. The monoisotopic (exact) mass is 271 g/mol. The predicted molar refractivity (Wildman–Crippen MR) is 77.2 cm³/mol. The van der Waals surface area contributed by atoms with Gasteiger partial charge in [-0.1, -0.05) is 0 Å². The number of esters is 1. The molecule has 1 saturated heterocycles. The molecule has 1 unspecified atom stereocenters. The van der Waals surface area contributed by atoms with Gasteiger partial charge in [-0.2, -0.15) is 0 Å². The van der Waals surface area contributed by atoms with Gasteiger partial charge in [0.2, 0.25) is 0 Å². The molecule has 0 bridgehead atoms. The molecule has 0 aromatic rings. The van der Waals surface area contributed by atoms with E-state index >= 15 is 0 Å². The van der Waals surface area contributed by atoms with Crippen LogP contribution < -0.4 is 5.32 Å². The molecular formula is C14H29N3O2. The summed E-state index contributed by atoms with van der Waals surface area (Å²) >= 11 is 0. The Morgan fingerprint density at radius 2 is 2.00 bits per heavy atom. The second kappa shape index (κ2) is 7.22. The summed E-state index contributed by atoms with van der Waals surface area (Å²) in [5.41, 5.74) is -0.610. The van der Waals surface area contributed by atoms with Crippen LogP contribution in [0.1, 0.15) is 26.7 Å². The van der Waals surface area contributed by atoms with Crippen LogP contribution in [0.25, 0.3) is 0 Å². The third kappa shape index (κ3) is 4.44. The van der Waals surface area contributed by atoms with Crippen molar-refractivity contribution in [2.24, 2.45) is 0 Å². The van der Waals surface area contributed by atoms with Crippen molar-refractivity contribution >= 4 is 5.97 Å². The van der Waals surface area contributed by atoms with E-state index in [1.54, 1.807) is 0 Å². The lowest BCUT2D eigenvalue weighted by Crippen LogP contribution is -2.58. The van der Waals surface area contributed by atoms with Gasteiger partial charge in [0.05, 0.1) is 6.61 Å². The number of hydrogen-bond donors (Lipinski definition) is 1. The summed E-state index contributed by atoms with van der Waals surface area (Å²) in [6.07, 6.45) is 2.32. The van der Waals surface area contributed by atoms with Gasteiger partial charge in [0.15, 0.2) is 0 Å². The number of likely N-dealkylation sites (N-methyl/N-ethyl adjacent to an activating group) is 1. The summed E-state index contributed by atoms with van der Waals surface area (Å²) < 4.78 is 5.16. The van der Waals surface area contributed by atoms with Crippen LogP contribution in [-0.4, -0.2) is 74.7 Å². The van der Waals surface area contributed by atoms with E-state index in [4.69, 9.17) is 4.74 Å². The SMILES string of the molecule is CCOC(=O)C(C)(CN1CCC(N(C)C)CC1)NC. The summed E-state index contributed by atoms with van der Waals surface area (Å²) in [6.45, 7) is 6.99. The van der Waals surface area contributed by atoms with Crippen molar-refractivity contribution in [2.45, 2.75) is 38.3 Å². The number of likely N-dealkylation sites (tertiary alicyclic amines) is 1. The lowest BCUT2D eigenvalue weighted by molar-refractivity contribution is -0.151. The van der Waals surface area contributed by atoms with Crippen LogP contribution in [-0.2, 0) is 9.53 Å². The van der Waals surface area contributed by atoms with E-state index < -0.39 is 5.54 Å². The molecule has 1 rings (SSSR count). The highest BCUT2D eigenvalue weighted by atomic mass is 16.5. The number of carbonyl (C=O) groups is 1. The molecular weight excluding hydrogens is 242 g/mol. The van der Waals surface area contributed by atoms with E-state index in [1.165, 1.54) is 0 Å². The molecule has 0 amide bonds. The van der Waals surface area contributed by atoms with Crippen molar-refractivity contribution in [2.75, 3.05) is 47.4 Å². The first-order valence-corrected chi connectivity index (χ1v) is 7.18. The van der Waals surface area contributed by atoms with Crippen molar-refractivity contribution in [3.8, 4) is 0 Å².